The molecule has 1 aliphatic rings. The van der Waals surface area contributed by atoms with Crippen LogP contribution in [0.15, 0.2) is 174 Å². The summed E-state index contributed by atoms with van der Waals surface area (Å²) < 4.78 is 16.1. The summed E-state index contributed by atoms with van der Waals surface area (Å²) in [5, 5.41) is 0. The van der Waals surface area contributed by atoms with Gasteiger partial charge in [-0.2, -0.15) is 55.8 Å². The first-order valence-corrected chi connectivity index (χ1v) is 34.7. The minimum Gasteiger partial charge on any atom is -0.664 e. The second kappa shape index (κ2) is 79.9. The summed E-state index contributed by atoms with van der Waals surface area (Å²) in [6.45, 7) is 31.3. The second-order valence-corrected chi connectivity index (χ2v) is 22.8. The van der Waals surface area contributed by atoms with Crippen LogP contribution in [0.3, 0.4) is 0 Å². The minimum atomic E-state index is 0. The fourth-order valence-corrected chi connectivity index (χ4v) is 10.2. The van der Waals surface area contributed by atoms with E-state index in [1.165, 1.54) is 139 Å². The third-order valence-corrected chi connectivity index (χ3v) is 15.4. The van der Waals surface area contributed by atoms with E-state index in [1.807, 2.05) is 36.0 Å². The number of aryl methyl sites for hydroxylation is 5. The molecular weight excluding hydrogens is 2080 g/mol. The largest absolute Gasteiger partial charge is 2.00 e. The molecule has 0 spiro atoms. The van der Waals surface area contributed by atoms with Gasteiger partial charge in [-0.25, -0.2) is 0 Å². The molecule has 4 nitrogen and oxygen atoms in total. The fourth-order valence-electron chi connectivity index (χ4n) is 8.98. The average molecular weight is 2210 g/mol. The number of rotatable bonds is 30. The number of hydrogen-bond donors (Lipinski definition) is 0. The van der Waals surface area contributed by atoms with Crippen LogP contribution in [0.25, 0.3) is 6.08 Å². The van der Waals surface area contributed by atoms with Crippen molar-refractivity contribution in [2.75, 3.05) is 13.2 Å². The van der Waals surface area contributed by atoms with Gasteiger partial charge in [0.2, 0.25) is 0 Å². The Labute approximate surface area is 689 Å². The van der Waals surface area contributed by atoms with Crippen LogP contribution in [-0.2, 0) is 49.7 Å². The SMILES string of the molecule is CCCC=CCOCCC.CCCC=CCc1[c-]cccc1.CCCc1ccc2c(c1)OC(CC)CC2.CCc1ccccc1Sc1ccccc1CC.[CH2-]CCCCCCC.[CH2-]Cc1ccccc1C=CCCC.[CH2-]Oc1cccnc1CCCC.[CH3-].[CH3-].[CH3-].[CH3-].[U+2].[U+2].[U+2].[U+2]. The topological polar surface area (TPSA) is 40.6 Å². The van der Waals surface area contributed by atoms with E-state index >= 15 is 0 Å². The predicted octanol–water partition coefficient (Wildman–Crippen LogP) is 26.3. The van der Waals surface area contributed by atoms with Crippen molar-refractivity contribution in [2.24, 2.45) is 0 Å². The van der Waals surface area contributed by atoms with Crippen molar-refractivity contribution < 1.29 is 139 Å². The molecule has 6 aromatic rings. The first kappa shape index (κ1) is 110. The van der Waals surface area contributed by atoms with Gasteiger partial charge in [0.25, 0.3) is 0 Å². The first-order valence-electron chi connectivity index (χ1n) is 33.8. The number of benzene rings is 5. The molecule has 1 unspecified atom stereocenters. The smallest absolute Gasteiger partial charge is 0.664 e. The van der Waals surface area contributed by atoms with Gasteiger partial charge in [-0.1, -0.05) is 260 Å². The van der Waals surface area contributed by atoms with Gasteiger partial charge in [0.15, 0.2) is 0 Å². The number of unbranched alkanes of at least 4 members (excludes halogenated alkanes) is 9. The van der Waals surface area contributed by atoms with Gasteiger partial charge in [0, 0.05) is 22.6 Å². The molecule has 0 saturated heterocycles. The summed E-state index contributed by atoms with van der Waals surface area (Å²) in [4.78, 5) is 6.99. The normalized spacial score (nSPS) is 11.0. The van der Waals surface area contributed by atoms with E-state index in [4.69, 9.17) is 14.2 Å². The molecule has 0 fully saturated rings. The molecule has 9 heteroatoms. The first-order chi connectivity index (χ1) is 42.7. The van der Waals surface area contributed by atoms with Crippen molar-refractivity contribution in [3.8, 4) is 11.5 Å². The van der Waals surface area contributed by atoms with Gasteiger partial charge in [-0.3, -0.25) is 4.98 Å². The molecule has 0 aliphatic carbocycles. The van der Waals surface area contributed by atoms with Crippen LogP contribution >= 0.6 is 11.8 Å². The summed E-state index contributed by atoms with van der Waals surface area (Å²) in [7, 11) is 3.38. The molecule has 0 N–H and O–H groups in total. The van der Waals surface area contributed by atoms with E-state index in [0.29, 0.717) is 6.10 Å². The number of fused-ring (bicyclic) bond motifs is 1. The fraction of sp³-hybridized carbons (Fsp3) is 0.442. The Bertz CT molecular complexity index is 2570. The van der Waals surface area contributed by atoms with Crippen molar-refractivity contribution in [3.05, 3.63) is 265 Å². The van der Waals surface area contributed by atoms with Gasteiger partial charge in [-0.15, -0.1) is 0 Å². The van der Waals surface area contributed by atoms with Crippen LogP contribution in [0.4, 0.5) is 0 Å². The Morgan fingerprint density at radius 1 is 0.568 bits per heavy atom. The van der Waals surface area contributed by atoms with Crippen LogP contribution in [0, 0.1) is 181 Å². The molecule has 2 heterocycles. The van der Waals surface area contributed by atoms with E-state index in [2.05, 4.69) is 241 Å². The summed E-state index contributed by atoms with van der Waals surface area (Å²) in [5.74, 6) is 1.94. The quantitative estimate of drug-likeness (QED) is 0.0255. The number of aromatic nitrogens is 1. The third kappa shape index (κ3) is 55.9. The second-order valence-electron chi connectivity index (χ2n) is 21.7. The standard InChI is InChI=1S/C16H18S.C14H20O.C13H17.C12H15.C10H14NO.C9H18O.C8H17.4CH3.4U/c1-3-13-9-5-7-11-15(13)17-16-12-8-6-10-14(16)4-2;1-3-5-11-6-7-12-8-9-13(4-2)15-14(12)10-11;1-3-5-6-10-13-11-8-7-9-12(13)4-2;1-2-3-4-6-9-12-10-7-5-8-11-12;1-3-4-6-9-10(12-2)7-5-8-11-9;1-3-5-6-7-9-10-8-4-2;1-3-5-7-8-6-4-2;;;;;;;;/h5-12H,3-4H2,1-2H3;6-7,10,13H,3-5,8-9H2,1-2H3;6-11H,2-5H2,1H3;4-8,10H,2-3,9H2,1H3;5,7-8H,2-4,6H2,1H3;6-7H,3-5,8-9H2,1-2H3;1,3-8H2,2H3;4*1H3;;;;/q;;3*-1;;5*-1;4*+2. The molecule has 520 valence electrons. The Balaban J connectivity index is -0.000000154. The zero-order valence-electron chi connectivity index (χ0n) is 62.5. The zero-order valence-corrected chi connectivity index (χ0v) is 80.0. The molecule has 0 bridgehead atoms. The van der Waals surface area contributed by atoms with Gasteiger partial charge < -0.3 is 57.8 Å². The van der Waals surface area contributed by atoms with Crippen molar-refractivity contribution in [1.82, 2.24) is 4.98 Å². The van der Waals surface area contributed by atoms with E-state index in [1.54, 1.807) is 6.20 Å². The van der Waals surface area contributed by atoms with Crippen LogP contribution in [0.2, 0.25) is 0 Å². The van der Waals surface area contributed by atoms with Crippen LogP contribution in [-0.4, -0.2) is 24.3 Å². The minimum absolute atomic E-state index is 0. The van der Waals surface area contributed by atoms with Crippen LogP contribution < -0.4 is 9.47 Å². The summed E-state index contributed by atoms with van der Waals surface area (Å²) in [5.41, 5.74) is 10.6. The molecule has 1 aromatic heterocycles. The van der Waals surface area contributed by atoms with Crippen molar-refractivity contribution >= 4 is 17.8 Å². The molecule has 7 rings (SSSR count). The molecule has 0 radical (unpaired) electrons. The Kier molecular flexibility index (Phi) is 92.1. The summed E-state index contributed by atoms with van der Waals surface area (Å²) >= 11 is 1.89. The predicted molar refractivity (Wildman–Crippen MR) is 410 cm³/mol. The molecule has 1 aliphatic heterocycles. The van der Waals surface area contributed by atoms with Crippen LogP contribution in [0.5, 0.6) is 11.5 Å². The Morgan fingerprint density at radius 3 is 1.68 bits per heavy atom. The Hall–Kier alpha value is -1.41. The number of ether oxygens (including phenoxy) is 3. The van der Waals surface area contributed by atoms with Crippen LogP contribution in [0.1, 0.15) is 229 Å². The van der Waals surface area contributed by atoms with Gasteiger partial charge in [-0.05, 0) is 142 Å². The van der Waals surface area contributed by atoms with Crippen molar-refractivity contribution in [2.45, 2.75) is 246 Å². The van der Waals surface area contributed by atoms with E-state index < -0.39 is 0 Å². The third-order valence-electron chi connectivity index (χ3n) is 14.2. The zero-order chi connectivity index (χ0) is 63.6. The summed E-state index contributed by atoms with van der Waals surface area (Å²) in [6.07, 6.45) is 44.9. The maximum Gasteiger partial charge on any atom is 2.00 e. The molecule has 0 amide bonds. The van der Waals surface area contributed by atoms with Gasteiger partial charge in [0.05, 0.1) is 18.4 Å². The number of allylic oxidation sites excluding steroid dienone is 4. The Morgan fingerprint density at radius 2 is 1.15 bits per heavy atom. The van der Waals surface area contributed by atoms with E-state index in [9.17, 15) is 0 Å². The van der Waals surface area contributed by atoms with Gasteiger partial charge >= 0.3 is 124 Å². The van der Waals surface area contributed by atoms with Gasteiger partial charge in [0.1, 0.15) is 11.5 Å². The van der Waals surface area contributed by atoms with Crippen molar-refractivity contribution in [1.29, 1.82) is 0 Å². The maximum absolute atomic E-state index is 5.97. The number of nitrogens with zero attached hydrogens (tertiary/aromatic N) is 1. The molecule has 95 heavy (non-hydrogen) atoms. The number of pyridine rings is 1. The molecular formula is C86H131NO3SU4. The molecule has 1 atom stereocenters. The van der Waals surface area contributed by atoms with E-state index in [0.717, 1.165) is 101 Å². The molecule has 0 saturated carbocycles. The molecule has 5 aromatic carbocycles. The maximum atomic E-state index is 5.97. The summed E-state index contributed by atoms with van der Waals surface area (Å²) in [6, 6.07) is 47.6. The average Bonchev–Trinajstić information content (AvgIpc) is 0.999. The number of hydrogen-bond acceptors (Lipinski definition) is 5. The monoisotopic (exact) mass is 2210 g/mol. The van der Waals surface area contributed by atoms with E-state index in [-0.39, 0.29) is 154 Å². The van der Waals surface area contributed by atoms with Crippen molar-refractivity contribution in [3.63, 3.8) is 0 Å².